The van der Waals surface area contributed by atoms with Gasteiger partial charge in [-0.25, -0.2) is 9.97 Å². The van der Waals surface area contributed by atoms with Crippen LogP contribution in [0.15, 0.2) is 12.3 Å². The zero-order valence-corrected chi connectivity index (χ0v) is 9.95. The molecule has 0 aliphatic rings. The molecule has 0 bridgehead atoms. The summed E-state index contributed by atoms with van der Waals surface area (Å²) in [5.74, 6) is 1.42. The van der Waals surface area contributed by atoms with E-state index < -0.39 is 0 Å². The Morgan fingerprint density at radius 1 is 1.40 bits per heavy atom. The molecule has 0 aliphatic heterocycles. The lowest BCUT2D eigenvalue weighted by atomic mass is 10.1. The van der Waals surface area contributed by atoms with E-state index in [4.69, 9.17) is 0 Å². The normalized spacial score (nSPS) is 12.7. The highest BCUT2D eigenvalue weighted by Crippen LogP contribution is 2.14. The molecule has 0 saturated heterocycles. The SMILES string of the molecule is CCCc1ccnc(C(CC)CNC)n1. The van der Waals surface area contributed by atoms with Gasteiger partial charge in [-0.1, -0.05) is 20.3 Å². The highest BCUT2D eigenvalue weighted by molar-refractivity contribution is 5.06. The number of hydrogen-bond donors (Lipinski definition) is 1. The highest BCUT2D eigenvalue weighted by Gasteiger charge is 2.11. The van der Waals surface area contributed by atoms with Gasteiger partial charge in [0, 0.05) is 24.4 Å². The Kier molecular flexibility index (Phi) is 5.26. The summed E-state index contributed by atoms with van der Waals surface area (Å²) in [6, 6.07) is 2.01. The molecule has 0 fully saturated rings. The highest BCUT2D eigenvalue weighted by atomic mass is 14.9. The first-order valence-electron chi connectivity index (χ1n) is 5.78. The Labute approximate surface area is 92.3 Å². The van der Waals surface area contributed by atoms with E-state index in [-0.39, 0.29) is 0 Å². The minimum absolute atomic E-state index is 0.437. The van der Waals surface area contributed by atoms with Crippen molar-refractivity contribution < 1.29 is 0 Å². The zero-order chi connectivity index (χ0) is 11.1. The van der Waals surface area contributed by atoms with E-state index in [2.05, 4.69) is 29.1 Å². The number of nitrogens with zero attached hydrogens (tertiary/aromatic N) is 2. The van der Waals surface area contributed by atoms with Crippen LogP contribution in [0.4, 0.5) is 0 Å². The largest absolute Gasteiger partial charge is 0.319 e. The monoisotopic (exact) mass is 207 g/mol. The van der Waals surface area contributed by atoms with Gasteiger partial charge in [0.25, 0.3) is 0 Å². The third kappa shape index (κ3) is 3.59. The second kappa shape index (κ2) is 6.51. The Balaban J connectivity index is 2.77. The predicted octanol–water partition coefficient (Wildman–Crippen LogP) is 2.14. The van der Waals surface area contributed by atoms with E-state index in [0.717, 1.165) is 37.3 Å². The summed E-state index contributed by atoms with van der Waals surface area (Å²) in [5.41, 5.74) is 1.16. The number of nitrogens with one attached hydrogen (secondary N) is 1. The lowest BCUT2D eigenvalue weighted by Gasteiger charge is -2.13. The molecule has 15 heavy (non-hydrogen) atoms. The molecule has 1 N–H and O–H groups in total. The Hall–Kier alpha value is -0.960. The average molecular weight is 207 g/mol. The van der Waals surface area contributed by atoms with E-state index in [1.54, 1.807) is 0 Å². The standard InChI is InChI=1S/C12H21N3/c1-4-6-11-7-8-14-12(15-11)10(5-2)9-13-3/h7-8,10,13H,4-6,9H2,1-3H3. The Morgan fingerprint density at radius 3 is 2.80 bits per heavy atom. The molecule has 0 amide bonds. The molecule has 1 heterocycles. The number of rotatable bonds is 6. The van der Waals surface area contributed by atoms with Gasteiger partial charge < -0.3 is 5.32 Å². The molecule has 3 nitrogen and oxygen atoms in total. The predicted molar refractivity (Wildman–Crippen MR) is 63.0 cm³/mol. The summed E-state index contributed by atoms with van der Waals surface area (Å²) in [6.07, 6.45) is 5.15. The van der Waals surface area contributed by atoms with Crippen molar-refractivity contribution in [3.05, 3.63) is 23.8 Å². The van der Waals surface area contributed by atoms with Crippen molar-refractivity contribution in [2.45, 2.75) is 39.0 Å². The van der Waals surface area contributed by atoms with Gasteiger partial charge in [0.2, 0.25) is 0 Å². The van der Waals surface area contributed by atoms with Crippen LogP contribution in [0.25, 0.3) is 0 Å². The smallest absolute Gasteiger partial charge is 0.132 e. The first kappa shape index (κ1) is 12.1. The minimum atomic E-state index is 0.437. The van der Waals surface area contributed by atoms with Crippen LogP contribution in [0.3, 0.4) is 0 Å². The fraction of sp³-hybridized carbons (Fsp3) is 0.667. The topological polar surface area (TPSA) is 37.8 Å². The first-order chi connectivity index (χ1) is 7.31. The van der Waals surface area contributed by atoms with Crippen LogP contribution >= 0.6 is 0 Å². The van der Waals surface area contributed by atoms with Gasteiger partial charge in [-0.3, -0.25) is 0 Å². The lowest BCUT2D eigenvalue weighted by molar-refractivity contribution is 0.576. The van der Waals surface area contributed by atoms with Gasteiger partial charge in [0.15, 0.2) is 0 Å². The van der Waals surface area contributed by atoms with E-state index in [1.165, 1.54) is 0 Å². The number of aryl methyl sites for hydroxylation is 1. The molecule has 84 valence electrons. The van der Waals surface area contributed by atoms with Gasteiger partial charge in [-0.15, -0.1) is 0 Å². The molecule has 0 aromatic carbocycles. The van der Waals surface area contributed by atoms with Gasteiger partial charge in [-0.05, 0) is 26.0 Å². The molecular formula is C12H21N3. The summed E-state index contributed by atoms with van der Waals surface area (Å²) in [6.45, 7) is 5.30. The fourth-order valence-electron chi connectivity index (χ4n) is 1.67. The zero-order valence-electron chi connectivity index (χ0n) is 9.95. The molecule has 1 rings (SSSR count). The Morgan fingerprint density at radius 2 is 2.20 bits per heavy atom. The summed E-state index contributed by atoms with van der Waals surface area (Å²) in [5, 5.41) is 3.19. The van der Waals surface area contributed by atoms with Gasteiger partial charge in [-0.2, -0.15) is 0 Å². The van der Waals surface area contributed by atoms with Crippen LogP contribution in [0.1, 0.15) is 44.1 Å². The molecule has 0 aliphatic carbocycles. The van der Waals surface area contributed by atoms with Crippen LogP contribution in [0, 0.1) is 0 Å². The molecule has 0 saturated carbocycles. The maximum Gasteiger partial charge on any atom is 0.132 e. The summed E-state index contributed by atoms with van der Waals surface area (Å²) < 4.78 is 0. The van der Waals surface area contributed by atoms with E-state index in [1.807, 2.05) is 19.3 Å². The number of likely N-dealkylation sites (N-methyl/N-ethyl adjacent to an activating group) is 1. The molecule has 0 spiro atoms. The van der Waals surface area contributed by atoms with E-state index in [0.29, 0.717) is 5.92 Å². The molecule has 1 unspecified atom stereocenters. The fourth-order valence-corrected chi connectivity index (χ4v) is 1.67. The summed E-state index contributed by atoms with van der Waals surface area (Å²) >= 11 is 0. The maximum atomic E-state index is 4.60. The van der Waals surface area contributed by atoms with Crippen molar-refractivity contribution >= 4 is 0 Å². The quantitative estimate of drug-likeness (QED) is 0.776. The van der Waals surface area contributed by atoms with E-state index in [9.17, 15) is 0 Å². The summed E-state index contributed by atoms with van der Waals surface area (Å²) in [7, 11) is 1.97. The number of hydrogen-bond acceptors (Lipinski definition) is 3. The summed E-state index contributed by atoms with van der Waals surface area (Å²) in [4.78, 5) is 8.96. The lowest BCUT2D eigenvalue weighted by Crippen LogP contribution is -2.19. The van der Waals surface area contributed by atoms with E-state index >= 15 is 0 Å². The molecule has 1 aromatic rings. The van der Waals surface area contributed by atoms with Crippen molar-refractivity contribution in [2.24, 2.45) is 0 Å². The van der Waals surface area contributed by atoms with Crippen molar-refractivity contribution in [1.29, 1.82) is 0 Å². The Bertz CT molecular complexity index is 286. The second-order valence-electron chi connectivity index (χ2n) is 3.82. The molecule has 3 heteroatoms. The van der Waals surface area contributed by atoms with Crippen molar-refractivity contribution in [3.8, 4) is 0 Å². The first-order valence-corrected chi connectivity index (χ1v) is 5.78. The van der Waals surface area contributed by atoms with Gasteiger partial charge >= 0.3 is 0 Å². The van der Waals surface area contributed by atoms with Crippen LogP contribution in [-0.2, 0) is 6.42 Å². The van der Waals surface area contributed by atoms with Crippen LogP contribution < -0.4 is 5.32 Å². The molecular weight excluding hydrogens is 186 g/mol. The molecule has 1 atom stereocenters. The number of aromatic nitrogens is 2. The van der Waals surface area contributed by atoms with Crippen LogP contribution in [0.5, 0.6) is 0 Å². The third-order valence-corrected chi connectivity index (χ3v) is 2.55. The van der Waals surface area contributed by atoms with Crippen molar-refractivity contribution in [2.75, 3.05) is 13.6 Å². The van der Waals surface area contributed by atoms with Crippen molar-refractivity contribution in [1.82, 2.24) is 15.3 Å². The molecule has 1 aromatic heterocycles. The van der Waals surface area contributed by atoms with Gasteiger partial charge in [0.1, 0.15) is 5.82 Å². The minimum Gasteiger partial charge on any atom is -0.319 e. The molecule has 0 radical (unpaired) electrons. The second-order valence-corrected chi connectivity index (χ2v) is 3.82. The van der Waals surface area contributed by atoms with Crippen LogP contribution in [0.2, 0.25) is 0 Å². The van der Waals surface area contributed by atoms with Crippen molar-refractivity contribution in [3.63, 3.8) is 0 Å². The maximum absolute atomic E-state index is 4.60. The third-order valence-electron chi connectivity index (χ3n) is 2.55. The van der Waals surface area contributed by atoms with Gasteiger partial charge in [0.05, 0.1) is 0 Å². The average Bonchev–Trinajstić information content (AvgIpc) is 2.27. The van der Waals surface area contributed by atoms with Crippen LogP contribution in [-0.4, -0.2) is 23.6 Å².